The summed E-state index contributed by atoms with van der Waals surface area (Å²) >= 11 is 0. The van der Waals surface area contributed by atoms with Crippen LogP contribution in [0.1, 0.15) is 10.5 Å². The van der Waals surface area contributed by atoms with E-state index >= 15 is 0 Å². The van der Waals surface area contributed by atoms with Gasteiger partial charge in [0.2, 0.25) is 0 Å². The van der Waals surface area contributed by atoms with Gasteiger partial charge in [0.05, 0.1) is 19.3 Å². The molecule has 2 saturated heterocycles. The highest BCUT2D eigenvalue weighted by molar-refractivity contribution is 5.95. The van der Waals surface area contributed by atoms with Crippen molar-refractivity contribution in [1.82, 2.24) is 14.8 Å². The second-order valence-corrected chi connectivity index (χ2v) is 6.74. The largest absolute Gasteiger partial charge is 0.379 e. The first-order valence-corrected chi connectivity index (χ1v) is 8.24. The van der Waals surface area contributed by atoms with Crippen molar-refractivity contribution in [2.75, 3.05) is 39.9 Å². The van der Waals surface area contributed by atoms with Crippen LogP contribution in [0.3, 0.4) is 0 Å². The van der Waals surface area contributed by atoms with Gasteiger partial charge in [-0.15, -0.1) is 0 Å². The molecular formula is C18H20FN3O2. The summed E-state index contributed by atoms with van der Waals surface area (Å²) in [4.78, 5) is 21.4. The Morgan fingerprint density at radius 2 is 2.08 bits per heavy atom. The number of likely N-dealkylation sites (N-methyl/N-ethyl adjacent to an activating group) is 1. The smallest absolute Gasteiger partial charge is 0.272 e. The molecule has 4 rings (SSSR count). The van der Waals surface area contributed by atoms with E-state index in [1.54, 1.807) is 24.3 Å². The molecule has 2 aromatic rings. The van der Waals surface area contributed by atoms with Crippen molar-refractivity contribution in [3.63, 3.8) is 0 Å². The van der Waals surface area contributed by atoms with Crippen LogP contribution in [-0.4, -0.2) is 66.6 Å². The highest BCUT2D eigenvalue weighted by atomic mass is 19.1. The highest BCUT2D eigenvalue weighted by Crippen LogP contribution is 2.22. The Kier molecular flexibility index (Phi) is 3.94. The van der Waals surface area contributed by atoms with Crippen molar-refractivity contribution in [3.05, 3.63) is 41.8 Å². The highest BCUT2D eigenvalue weighted by Gasteiger charge is 2.35. The molecule has 24 heavy (non-hydrogen) atoms. The SMILES string of the molecule is CN1C[C@@H]2COC[C@H](C1)N(C(=O)c1ccc3cccc(F)c3n1)C2. The van der Waals surface area contributed by atoms with Crippen LogP contribution in [0.2, 0.25) is 0 Å². The molecule has 3 heterocycles. The van der Waals surface area contributed by atoms with Gasteiger partial charge in [-0.1, -0.05) is 18.2 Å². The number of pyridine rings is 1. The summed E-state index contributed by atoms with van der Waals surface area (Å²) in [5.74, 6) is -0.251. The van der Waals surface area contributed by atoms with E-state index < -0.39 is 5.82 Å². The molecule has 0 saturated carbocycles. The fourth-order valence-corrected chi connectivity index (χ4v) is 3.70. The van der Waals surface area contributed by atoms with Gasteiger partial charge in [-0.25, -0.2) is 9.37 Å². The van der Waals surface area contributed by atoms with E-state index in [0.717, 1.165) is 13.1 Å². The van der Waals surface area contributed by atoms with E-state index in [1.807, 2.05) is 4.90 Å². The van der Waals surface area contributed by atoms with E-state index in [9.17, 15) is 9.18 Å². The van der Waals surface area contributed by atoms with Crippen LogP contribution in [-0.2, 0) is 4.74 Å². The number of rotatable bonds is 1. The average Bonchev–Trinajstić information content (AvgIpc) is 2.84. The maximum atomic E-state index is 14.0. The second kappa shape index (κ2) is 6.11. The summed E-state index contributed by atoms with van der Waals surface area (Å²) in [7, 11) is 2.07. The van der Waals surface area contributed by atoms with Crippen molar-refractivity contribution >= 4 is 16.8 Å². The van der Waals surface area contributed by atoms with Crippen LogP contribution in [0.25, 0.3) is 10.9 Å². The minimum absolute atomic E-state index is 0.00752. The number of nitrogens with zero attached hydrogens (tertiary/aromatic N) is 3. The molecule has 0 aliphatic carbocycles. The average molecular weight is 329 g/mol. The third-order valence-corrected chi connectivity index (χ3v) is 4.80. The molecule has 2 aliphatic heterocycles. The first kappa shape index (κ1) is 15.5. The van der Waals surface area contributed by atoms with Gasteiger partial charge in [-0.2, -0.15) is 0 Å². The van der Waals surface area contributed by atoms with Gasteiger partial charge in [-0.3, -0.25) is 4.79 Å². The first-order chi connectivity index (χ1) is 11.6. The van der Waals surface area contributed by atoms with Crippen LogP contribution in [0.5, 0.6) is 0 Å². The lowest BCUT2D eigenvalue weighted by atomic mass is 10.1. The van der Waals surface area contributed by atoms with Crippen molar-refractivity contribution in [2.24, 2.45) is 5.92 Å². The number of amides is 1. The summed E-state index contributed by atoms with van der Waals surface area (Å²) in [6.45, 7) is 3.56. The molecule has 2 aliphatic rings. The van der Waals surface area contributed by atoms with Gasteiger partial charge < -0.3 is 14.5 Å². The van der Waals surface area contributed by atoms with Crippen molar-refractivity contribution in [2.45, 2.75) is 6.04 Å². The van der Waals surface area contributed by atoms with Gasteiger partial charge in [0.15, 0.2) is 0 Å². The molecule has 2 fully saturated rings. The summed E-state index contributed by atoms with van der Waals surface area (Å²) in [5.41, 5.74) is 0.539. The monoisotopic (exact) mass is 329 g/mol. The number of carbonyl (C=O) groups excluding carboxylic acids is 1. The van der Waals surface area contributed by atoms with E-state index in [4.69, 9.17) is 4.74 Å². The lowest BCUT2D eigenvalue weighted by molar-refractivity contribution is 0.0480. The summed E-state index contributed by atoms with van der Waals surface area (Å²) < 4.78 is 19.7. The molecule has 126 valence electrons. The molecule has 1 amide bonds. The third-order valence-electron chi connectivity index (χ3n) is 4.80. The van der Waals surface area contributed by atoms with Gasteiger partial charge in [0, 0.05) is 30.9 Å². The second-order valence-electron chi connectivity index (χ2n) is 6.74. The lowest BCUT2D eigenvalue weighted by Crippen LogP contribution is -2.46. The maximum absolute atomic E-state index is 14.0. The Morgan fingerprint density at radius 3 is 2.96 bits per heavy atom. The van der Waals surface area contributed by atoms with E-state index in [1.165, 1.54) is 6.07 Å². The normalized spacial score (nSPS) is 24.8. The van der Waals surface area contributed by atoms with Crippen LogP contribution in [0, 0.1) is 11.7 Å². The molecule has 1 aromatic carbocycles. The van der Waals surface area contributed by atoms with Crippen LogP contribution in [0.4, 0.5) is 4.39 Å². The molecule has 1 aromatic heterocycles. The molecule has 0 unspecified atom stereocenters. The number of fused-ring (bicyclic) bond motifs is 4. The zero-order chi connectivity index (χ0) is 16.7. The molecular weight excluding hydrogens is 309 g/mol. The Labute approximate surface area is 140 Å². The molecule has 2 bridgehead atoms. The number of benzene rings is 1. The lowest BCUT2D eigenvalue weighted by Gasteiger charge is -2.29. The Balaban J connectivity index is 1.69. The fraction of sp³-hybridized carbons (Fsp3) is 0.444. The Hall–Kier alpha value is -2.05. The maximum Gasteiger partial charge on any atom is 0.272 e. The van der Waals surface area contributed by atoms with Crippen LogP contribution >= 0.6 is 0 Å². The van der Waals surface area contributed by atoms with E-state index in [0.29, 0.717) is 36.8 Å². The first-order valence-electron chi connectivity index (χ1n) is 8.24. The van der Waals surface area contributed by atoms with Gasteiger partial charge >= 0.3 is 0 Å². The number of ether oxygens (including phenoxy) is 1. The Morgan fingerprint density at radius 1 is 1.21 bits per heavy atom. The summed E-state index contributed by atoms with van der Waals surface area (Å²) in [6, 6.07) is 8.25. The molecule has 0 N–H and O–H groups in total. The van der Waals surface area contributed by atoms with E-state index in [-0.39, 0.29) is 17.5 Å². The summed E-state index contributed by atoms with van der Waals surface area (Å²) in [6.07, 6.45) is 0. The third kappa shape index (κ3) is 2.76. The molecule has 0 spiro atoms. The number of hydrogen-bond acceptors (Lipinski definition) is 4. The van der Waals surface area contributed by atoms with Crippen molar-refractivity contribution in [1.29, 1.82) is 0 Å². The number of para-hydroxylation sites is 1. The minimum atomic E-state index is -0.403. The Bertz CT molecular complexity index is 782. The topological polar surface area (TPSA) is 45.7 Å². The molecule has 2 atom stereocenters. The quantitative estimate of drug-likeness (QED) is 0.800. The number of hydrogen-bond donors (Lipinski definition) is 0. The van der Waals surface area contributed by atoms with Gasteiger partial charge in [0.1, 0.15) is 17.0 Å². The van der Waals surface area contributed by atoms with E-state index in [2.05, 4.69) is 16.9 Å². The van der Waals surface area contributed by atoms with Gasteiger partial charge in [0.25, 0.3) is 5.91 Å². The van der Waals surface area contributed by atoms with Crippen molar-refractivity contribution in [3.8, 4) is 0 Å². The zero-order valence-electron chi connectivity index (χ0n) is 13.6. The number of carbonyl (C=O) groups is 1. The predicted molar refractivity (Wildman–Crippen MR) is 88.3 cm³/mol. The number of aromatic nitrogens is 1. The standard InChI is InChI=1S/C18H20FN3O2/c1-21-7-12-8-22(14(9-21)11-24-10-12)18(23)16-6-5-13-3-2-4-15(19)17(13)20-16/h2-6,12,14H,7-11H2,1H3/t12-,14-/m0/s1. The number of halogens is 1. The van der Waals surface area contributed by atoms with Crippen LogP contribution < -0.4 is 0 Å². The van der Waals surface area contributed by atoms with Crippen molar-refractivity contribution < 1.29 is 13.9 Å². The fourth-order valence-electron chi connectivity index (χ4n) is 3.70. The minimum Gasteiger partial charge on any atom is -0.379 e. The summed E-state index contributed by atoms with van der Waals surface area (Å²) in [5, 5.41) is 0.698. The molecule has 6 heteroatoms. The van der Waals surface area contributed by atoms with Crippen LogP contribution in [0.15, 0.2) is 30.3 Å². The zero-order valence-corrected chi connectivity index (χ0v) is 13.6. The van der Waals surface area contributed by atoms with Gasteiger partial charge in [-0.05, 0) is 19.2 Å². The predicted octanol–water partition coefficient (Wildman–Crippen LogP) is 1.78. The molecule has 5 nitrogen and oxygen atoms in total. The molecule has 0 radical (unpaired) electrons.